The van der Waals surface area contributed by atoms with Crippen LogP contribution in [-0.2, 0) is 0 Å². The van der Waals surface area contributed by atoms with Crippen molar-refractivity contribution in [2.24, 2.45) is 41.4 Å². The van der Waals surface area contributed by atoms with Crippen LogP contribution in [0.4, 0.5) is 0 Å². The highest BCUT2D eigenvalue weighted by Gasteiger charge is 2.58. The molecule has 0 aromatic rings. The molecule has 4 bridgehead atoms. The lowest BCUT2D eigenvalue weighted by atomic mass is 9.77. The monoisotopic (exact) mass is 190 g/mol. The van der Waals surface area contributed by atoms with Crippen LogP contribution in [0.25, 0.3) is 0 Å². The Hall–Kier alpha value is 0. The van der Waals surface area contributed by atoms with Gasteiger partial charge in [0.15, 0.2) is 0 Å². The van der Waals surface area contributed by atoms with E-state index in [9.17, 15) is 0 Å². The van der Waals surface area contributed by atoms with Crippen LogP contribution in [0.1, 0.15) is 45.4 Å². The van der Waals surface area contributed by atoms with Gasteiger partial charge in [-0.2, -0.15) is 0 Å². The summed E-state index contributed by atoms with van der Waals surface area (Å²) in [6, 6.07) is 0. The smallest absolute Gasteiger partial charge is 0.0323 e. The zero-order valence-corrected chi connectivity index (χ0v) is 9.28. The Morgan fingerprint density at radius 1 is 0.643 bits per heavy atom. The van der Waals surface area contributed by atoms with Gasteiger partial charge in [-0.05, 0) is 80.0 Å². The topological polar surface area (TPSA) is 0 Å². The van der Waals surface area contributed by atoms with Gasteiger partial charge in [0.25, 0.3) is 0 Å². The third-order valence-electron chi connectivity index (χ3n) is 6.15. The van der Waals surface area contributed by atoms with Crippen LogP contribution in [0.2, 0.25) is 0 Å². The summed E-state index contributed by atoms with van der Waals surface area (Å²) in [5.41, 5.74) is 0. The maximum atomic E-state index is 2.50. The number of rotatable bonds is 0. The van der Waals surface area contributed by atoms with E-state index in [0.717, 1.165) is 5.92 Å². The summed E-state index contributed by atoms with van der Waals surface area (Å²) in [4.78, 5) is 0. The maximum Gasteiger partial charge on any atom is -0.0323 e. The molecule has 0 heteroatoms. The van der Waals surface area contributed by atoms with E-state index in [1.807, 2.05) is 0 Å². The Morgan fingerprint density at radius 3 is 1.71 bits per heavy atom. The van der Waals surface area contributed by atoms with Crippen molar-refractivity contribution in [2.45, 2.75) is 45.4 Å². The lowest BCUT2D eigenvalue weighted by molar-refractivity contribution is 0.199. The van der Waals surface area contributed by atoms with Crippen LogP contribution >= 0.6 is 0 Å². The zero-order chi connectivity index (χ0) is 9.28. The zero-order valence-electron chi connectivity index (χ0n) is 9.28. The van der Waals surface area contributed by atoms with E-state index < -0.39 is 0 Å². The second kappa shape index (κ2) is 2.57. The third-order valence-corrected chi connectivity index (χ3v) is 6.15. The molecule has 0 N–H and O–H groups in total. The minimum atomic E-state index is 1.06. The first-order chi connectivity index (χ1) is 6.83. The van der Waals surface area contributed by atoms with E-state index in [1.165, 1.54) is 35.5 Å². The molecule has 0 amide bonds. The van der Waals surface area contributed by atoms with Crippen LogP contribution < -0.4 is 0 Å². The van der Waals surface area contributed by atoms with Gasteiger partial charge in [-0.25, -0.2) is 0 Å². The van der Waals surface area contributed by atoms with Gasteiger partial charge in [0.05, 0.1) is 0 Å². The Morgan fingerprint density at radius 2 is 1.14 bits per heavy atom. The summed E-state index contributed by atoms with van der Waals surface area (Å²) in [6.45, 7) is 2.50. The van der Waals surface area contributed by atoms with Crippen LogP contribution in [0.5, 0.6) is 0 Å². The fourth-order valence-electron chi connectivity index (χ4n) is 6.12. The molecule has 4 saturated carbocycles. The Balaban J connectivity index is 1.71. The summed E-state index contributed by atoms with van der Waals surface area (Å²) < 4.78 is 0. The predicted octanol–water partition coefficient (Wildman–Crippen LogP) is 3.71. The SMILES string of the molecule is CC1CC2CC(C1)C1C3CCC(C3)C21. The van der Waals surface area contributed by atoms with Crippen LogP contribution in [-0.4, -0.2) is 0 Å². The van der Waals surface area contributed by atoms with Crippen LogP contribution in [0.15, 0.2) is 0 Å². The second-order valence-electron chi connectivity index (χ2n) is 6.82. The normalized spacial score (nSPS) is 64.5. The molecule has 0 heterocycles. The standard InChI is InChI=1S/C14H22/c1-8-4-11-7-12(5-8)14-10-3-2-9(6-10)13(11)14/h8-14H,2-7H2,1H3. The fourth-order valence-corrected chi connectivity index (χ4v) is 6.12. The van der Waals surface area contributed by atoms with E-state index in [2.05, 4.69) is 6.92 Å². The molecule has 0 spiro atoms. The van der Waals surface area contributed by atoms with Gasteiger partial charge in [-0.1, -0.05) is 6.92 Å². The van der Waals surface area contributed by atoms with Crippen molar-refractivity contribution in [1.29, 1.82) is 0 Å². The van der Waals surface area contributed by atoms with Crippen molar-refractivity contribution in [2.75, 3.05) is 0 Å². The molecular formula is C14H22. The summed E-state index contributed by atoms with van der Waals surface area (Å²) in [7, 11) is 0. The molecule has 14 heavy (non-hydrogen) atoms. The number of hydrogen-bond donors (Lipinski definition) is 0. The molecule has 6 unspecified atom stereocenters. The first-order valence-corrected chi connectivity index (χ1v) is 6.83. The summed E-state index contributed by atoms with van der Waals surface area (Å²) in [6.07, 6.45) is 9.64. The Labute approximate surface area is 87.5 Å². The maximum absolute atomic E-state index is 2.50. The molecule has 4 aliphatic carbocycles. The first-order valence-electron chi connectivity index (χ1n) is 6.83. The van der Waals surface area contributed by atoms with Gasteiger partial charge in [-0.3, -0.25) is 0 Å². The van der Waals surface area contributed by atoms with Gasteiger partial charge in [0.1, 0.15) is 0 Å². The molecule has 0 aromatic heterocycles. The van der Waals surface area contributed by atoms with Gasteiger partial charge >= 0.3 is 0 Å². The minimum absolute atomic E-state index is 1.06. The molecule has 4 aliphatic rings. The largest absolute Gasteiger partial charge is 0.0625 e. The molecule has 4 fully saturated rings. The summed E-state index contributed by atoms with van der Waals surface area (Å²) in [5.74, 6) is 8.19. The lowest BCUT2D eigenvalue weighted by Gasteiger charge is -2.28. The molecule has 6 atom stereocenters. The van der Waals surface area contributed by atoms with Gasteiger partial charge in [0.2, 0.25) is 0 Å². The Kier molecular flexibility index (Phi) is 1.50. The lowest BCUT2D eigenvalue weighted by Crippen LogP contribution is -2.22. The molecule has 0 radical (unpaired) electrons. The number of fused-ring (bicyclic) bond motifs is 9. The van der Waals surface area contributed by atoms with E-state index in [0.29, 0.717) is 0 Å². The first kappa shape index (κ1) is 8.19. The minimum Gasteiger partial charge on any atom is -0.0625 e. The fraction of sp³-hybridized carbons (Fsp3) is 1.00. The molecule has 0 saturated heterocycles. The van der Waals surface area contributed by atoms with E-state index in [-0.39, 0.29) is 0 Å². The molecule has 4 rings (SSSR count). The van der Waals surface area contributed by atoms with Crippen LogP contribution in [0.3, 0.4) is 0 Å². The van der Waals surface area contributed by atoms with Crippen molar-refractivity contribution in [1.82, 2.24) is 0 Å². The third kappa shape index (κ3) is 0.864. The van der Waals surface area contributed by atoms with E-state index >= 15 is 0 Å². The predicted molar refractivity (Wildman–Crippen MR) is 57.8 cm³/mol. The highest BCUT2D eigenvalue weighted by molar-refractivity contribution is 5.07. The van der Waals surface area contributed by atoms with Crippen LogP contribution in [0, 0.1) is 41.4 Å². The summed E-state index contributed by atoms with van der Waals surface area (Å²) in [5, 5.41) is 0. The highest BCUT2D eigenvalue weighted by Crippen LogP contribution is 2.66. The quantitative estimate of drug-likeness (QED) is 0.511. The van der Waals surface area contributed by atoms with Crippen molar-refractivity contribution in [3.05, 3.63) is 0 Å². The van der Waals surface area contributed by atoms with Gasteiger partial charge < -0.3 is 0 Å². The van der Waals surface area contributed by atoms with Crippen molar-refractivity contribution < 1.29 is 0 Å². The Bertz CT molecular complexity index is 233. The highest BCUT2D eigenvalue weighted by atomic mass is 14.6. The average molecular weight is 190 g/mol. The second-order valence-corrected chi connectivity index (χ2v) is 6.82. The molecule has 0 aromatic carbocycles. The van der Waals surface area contributed by atoms with E-state index in [4.69, 9.17) is 0 Å². The molecule has 0 nitrogen and oxygen atoms in total. The summed E-state index contributed by atoms with van der Waals surface area (Å²) >= 11 is 0. The molecule has 78 valence electrons. The average Bonchev–Trinajstić information content (AvgIpc) is 2.79. The van der Waals surface area contributed by atoms with Gasteiger partial charge in [0, 0.05) is 0 Å². The van der Waals surface area contributed by atoms with E-state index in [1.54, 1.807) is 38.5 Å². The number of hydrogen-bond acceptors (Lipinski definition) is 0. The molecule has 0 aliphatic heterocycles. The van der Waals surface area contributed by atoms with Crippen molar-refractivity contribution >= 4 is 0 Å². The van der Waals surface area contributed by atoms with Crippen molar-refractivity contribution in [3.8, 4) is 0 Å². The van der Waals surface area contributed by atoms with Crippen molar-refractivity contribution in [3.63, 3.8) is 0 Å². The van der Waals surface area contributed by atoms with Gasteiger partial charge in [-0.15, -0.1) is 0 Å². The molecular weight excluding hydrogens is 168 g/mol.